The molecule has 26 heavy (non-hydrogen) atoms. The molecule has 0 spiro atoms. The second-order valence-corrected chi connectivity index (χ2v) is 9.38. The number of anilines is 1. The molecule has 0 N–H and O–H groups in total. The van der Waals surface area contributed by atoms with E-state index in [4.69, 9.17) is 11.6 Å². The first kappa shape index (κ1) is 17.8. The summed E-state index contributed by atoms with van der Waals surface area (Å²) in [5, 5.41) is 0.701. The molecule has 0 unspecified atom stereocenters. The molecule has 1 aliphatic heterocycles. The van der Waals surface area contributed by atoms with Crippen LogP contribution in [0.4, 0.5) is 5.69 Å². The zero-order chi connectivity index (χ0) is 18.1. The molecular weight excluding hydrogens is 368 g/mol. The fourth-order valence-electron chi connectivity index (χ4n) is 3.88. The summed E-state index contributed by atoms with van der Waals surface area (Å²) < 4.78 is 27.7. The van der Waals surface area contributed by atoms with E-state index in [1.54, 1.807) is 10.4 Å². The average molecular weight is 391 g/mol. The van der Waals surface area contributed by atoms with Gasteiger partial charge in [0.05, 0.1) is 4.90 Å². The maximum atomic E-state index is 13.1. The summed E-state index contributed by atoms with van der Waals surface area (Å²) >= 11 is 6.07. The summed E-state index contributed by atoms with van der Waals surface area (Å²) in [6.45, 7) is 2.33. The lowest BCUT2D eigenvalue weighted by molar-refractivity contribution is 0.385. The summed E-state index contributed by atoms with van der Waals surface area (Å²) in [6, 6.07) is 13.4. The third kappa shape index (κ3) is 3.48. The molecule has 6 heteroatoms. The fraction of sp³-hybridized carbons (Fsp3) is 0.400. The highest BCUT2D eigenvalue weighted by Gasteiger charge is 2.29. The van der Waals surface area contributed by atoms with Gasteiger partial charge in [0.1, 0.15) is 0 Å². The van der Waals surface area contributed by atoms with Gasteiger partial charge in [0.2, 0.25) is 10.0 Å². The van der Waals surface area contributed by atoms with Crippen LogP contribution in [0.1, 0.15) is 24.0 Å². The first-order valence-corrected chi connectivity index (χ1v) is 11.0. The van der Waals surface area contributed by atoms with Crippen LogP contribution in [0.25, 0.3) is 0 Å². The molecule has 1 heterocycles. The summed E-state index contributed by atoms with van der Waals surface area (Å²) in [7, 11) is -3.43. The van der Waals surface area contributed by atoms with Gasteiger partial charge < -0.3 is 4.90 Å². The maximum absolute atomic E-state index is 13.1. The van der Waals surface area contributed by atoms with Crippen LogP contribution in [-0.2, 0) is 22.9 Å². The third-order valence-corrected chi connectivity index (χ3v) is 7.50. The number of fused-ring (bicyclic) bond motifs is 1. The summed E-state index contributed by atoms with van der Waals surface area (Å²) in [4.78, 5) is 2.62. The molecule has 0 aromatic heterocycles. The van der Waals surface area contributed by atoms with E-state index in [0.29, 0.717) is 36.1 Å². The van der Waals surface area contributed by atoms with Gasteiger partial charge in [0, 0.05) is 36.9 Å². The fourth-order valence-corrected chi connectivity index (χ4v) is 5.54. The van der Waals surface area contributed by atoms with Crippen molar-refractivity contribution in [2.24, 2.45) is 0 Å². The predicted molar refractivity (Wildman–Crippen MR) is 106 cm³/mol. The smallest absolute Gasteiger partial charge is 0.243 e. The van der Waals surface area contributed by atoms with Gasteiger partial charge in [-0.05, 0) is 67.1 Å². The topological polar surface area (TPSA) is 40.6 Å². The maximum Gasteiger partial charge on any atom is 0.243 e. The zero-order valence-electron chi connectivity index (χ0n) is 14.7. The molecule has 1 fully saturated rings. The largest absolute Gasteiger partial charge is 0.369 e. The molecule has 0 radical (unpaired) electrons. The van der Waals surface area contributed by atoms with Crippen LogP contribution in [0.3, 0.4) is 0 Å². The molecule has 0 atom stereocenters. The van der Waals surface area contributed by atoms with Crippen molar-refractivity contribution in [2.75, 3.05) is 31.1 Å². The molecule has 0 amide bonds. The van der Waals surface area contributed by atoms with Gasteiger partial charge in [-0.25, -0.2) is 8.42 Å². The highest BCUT2D eigenvalue weighted by atomic mass is 35.5. The lowest BCUT2D eigenvalue weighted by Gasteiger charge is -2.35. The van der Waals surface area contributed by atoms with Crippen LogP contribution < -0.4 is 4.90 Å². The van der Waals surface area contributed by atoms with Crippen molar-refractivity contribution in [3.05, 3.63) is 58.6 Å². The molecule has 0 saturated carbocycles. The van der Waals surface area contributed by atoms with E-state index in [1.165, 1.54) is 17.5 Å². The minimum atomic E-state index is -3.43. The number of aryl methyl sites for hydroxylation is 2. The number of rotatable bonds is 3. The lowest BCUT2D eigenvalue weighted by Crippen LogP contribution is -2.48. The molecule has 4 nitrogen and oxygen atoms in total. The van der Waals surface area contributed by atoms with E-state index < -0.39 is 10.0 Å². The number of hydrogen-bond acceptors (Lipinski definition) is 3. The Labute approximate surface area is 160 Å². The van der Waals surface area contributed by atoms with Gasteiger partial charge in [-0.1, -0.05) is 23.7 Å². The second-order valence-electron chi connectivity index (χ2n) is 7.01. The lowest BCUT2D eigenvalue weighted by atomic mass is 9.92. The Hall–Kier alpha value is -1.56. The number of piperazine rings is 1. The van der Waals surface area contributed by atoms with Gasteiger partial charge in [-0.3, -0.25) is 0 Å². The number of sulfonamides is 1. The molecule has 4 rings (SSSR count). The van der Waals surface area contributed by atoms with E-state index in [-0.39, 0.29) is 0 Å². The van der Waals surface area contributed by atoms with Crippen molar-refractivity contribution in [1.29, 1.82) is 0 Å². The molecular formula is C20H23ClN2O2S. The summed E-state index contributed by atoms with van der Waals surface area (Å²) in [5.74, 6) is 0. The Kier molecular flexibility index (Phi) is 4.95. The summed E-state index contributed by atoms with van der Waals surface area (Å²) in [6.07, 6.45) is 4.40. The van der Waals surface area contributed by atoms with E-state index >= 15 is 0 Å². The predicted octanol–water partition coefficient (Wildman–Crippen LogP) is 3.73. The van der Waals surface area contributed by atoms with Crippen LogP contribution in [0.15, 0.2) is 47.4 Å². The van der Waals surface area contributed by atoms with Crippen molar-refractivity contribution >= 4 is 27.3 Å². The monoisotopic (exact) mass is 390 g/mol. The van der Waals surface area contributed by atoms with Crippen LogP contribution in [-0.4, -0.2) is 38.9 Å². The SMILES string of the molecule is O=S(=O)(c1ccc2c(c1)CCCC2)N1CCN(c2cccc(Cl)c2)CC1. The van der Waals surface area contributed by atoms with Crippen LogP contribution in [0.5, 0.6) is 0 Å². The molecule has 138 valence electrons. The Bertz CT molecular complexity index is 906. The normalized spacial score (nSPS) is 18.6. The molecule has 2 aliphatic rings. The number of benzene rings is 2. The number of halogens is 1. The average Bonchev–Trinajstić information content (AvgIpc) is 2.67. The van der Waals surface area contributed by atoms with Crippen LogP contribution in [0.2, 0.25) is 5.02 Å². The van der Waals surface area contributed by atoms with Crippen molar-refractivity contribution in [3.8, 4) is 0 Å². The van der Waals surface area contributed by atoms with Gasteiger partial charge in [0.15, 0.2) is 0 Å². The van der Waals surface area contributed by atoms with E-state index in [9.17, 15) is 8.42 Å². The van der Waals surface area contributed by atoms with Gasteiger partial charge >= 0.3 is 0 Å². The number of hydrogen-bond donors (Lipinski definition) is 0. The summed E-state index contributed by atoms with van der Waals surface area (Å²) in [5.41, 5.74) is 3.55. The Morgan fingerprint density at radius 1 is 0.846 bits per heavy atom. The quantitative estimate of drug-likeness (QED) is 0.801. The molecule has 2 aromatic carbocycles. The van der Waals surface area contributed by atoms with E-state index in [1.807, 2.05) is 36.4 Å². The van der Waals surface area contributed by atoms with Crippen LogP contribution >= 0.6 is 11.6 Å². The highest BCUT2D eigenvalue weighted by molar-refractivity contribution is 7.89. The minimum absolute atomic E-state index is 0.439. The van der Waals surface area contributed by atoms with Crippen LogP contribution in [0, 0.1) is 0 Å². The van der Waals surface area contributed by atoms with Crippen molar-refractivity contribution in [2.45, 2.75) is 30.6 Å². The van der Waals surface area contributed by atoms with Crippen molar-refractivity contribution in [1.82, 2.24) is 4.31 Å². The van der Waals surface area contributed by atoms with E-state index in [0.717, 1.165) is 24.9 Å². The van der Waals surface area contributed by atoms with Crippen molar-refractivity contribution in [3.63, 3.8) is 0 Å². The standard InChI is InChI=1S/C20H23ClN2O2S/c21-18-6-3-7-19(15-18)22-10-12-23(13-11-22)26(24,25)20-9-8-16-4-1-2-5-17(16)14-20/h3,6-9,14-15H,1-2,4-5,10-13H2. The molecule has 0 bridgehead atoms. The number of nitrogens with zero attached hydrogens (tertiary/aromatic N) is 2. The Balaban J connectivity index is 1.50. The zero-order valence-corrected chi connectivity index (χ0v) is 16.3. The van der Waals surface area contributed by atoms with E-state index in [2.05, 4.69) is 4.90 Å². The van der Waals surface area contributed by atoms with Gasteiger partial charge in [0.25, 0.3) is 0 Å². The third-order valence-electron chi connectivity index (χ3n) is 5.37. The van der Waals surface area contributed by atoms with Gasteiger partial charge in [-0.2, -0.15) is 4.31 Å². The molecule has 1 aliphatic carbocycles. The minimum Gasteiger partial charge on any atom is -0.369 e. The molecule has 2 aromatic rings. The second kappa shape index (κ2) is 7.22. The highest BCUT2D eigenvalue weighted by Crippen LogP contribution is 2.27. The van der Waals surface area contributed by atoms with Crippen molar-refractivity contribution < 1.29 is 8.42 Å². The first-order chi connectivity index (χ1) is 12.5. The first-order valence-electron chi connectivity index (χ1n) is 9.16. The van der Waals surface area contributed by atoms with Gasteiger partial charge in [-0.15, -0.1) is 0 Å². The Morgan fingerprint density at radius 3 is 2.31 bits per heavy atom. The molecule has 1 saturated heterocycles. The Morgan fingerprint density at radius 2 is 1.58 bits per heavy atom.